The van der Waals surface area contributed by atoms with E-state index in [-0.39, 0.29) is 5.82 Å². The number of nitrogens with two attached hydrogens (primary N) is 1. The van der Waals surface area contributed by atoms with Crippen molar-refractivity contribution in [1.82, 2.24) is 0 Å². The molecule has 1 aromatic heterocycles. The highest BCUT2D eigenvalue weighted by Gasteiger charge is 2.05. The van der Waals surface area contributed by atoms with Gasteiger partial charge >= 0.3 is 0 Å². The highest BCUT2D eigenvalue weighted by Crippen LogP contribution is 2.24. The predicted octanol–water partition coefficient (Wildman–Crippen LogP) is 2.54. The summed E-state index contributed by atoms with van der Waals surface area (Å²) in [6.07, 6.45) is 3.23. The molecule has 2 rings (SSSR count). The zero-order chi connectivity index (χ0) is 9.97. The highest BCUT2D eigenvalue weighted by molar-refractivity contribution is 5.65. The smallest absolute Gasteiger partial charge is 0.123 e. The number of benzene rings is 1. The molecule has 0 bridgehead atoms. The van der Waals surface area contributed by atoms with Crippen LogP contribution in [0.15, 0.2) is 41.2 Å². The summed E-state index contributed by atoms with van der Waals surface area (Å²) >= 11 is 0. The van der Waals surface area contributed by atoms with Crippen LogP contribution < -0.4 is 5.73 Å². The van der Waals surface area contributed by atoms with Gasteiger partial charge in [-0.15, -0.1) is 0 Å². The predicted molar refractivity (Wildman–Crippen MR) is 52.0 cm³/mol. The standard InChI is InChI=1S/C11H10FNO/c12-10-3-1-8(2-4-10)11-7-14-6-9(11)5-13/h1-4,6-7H,5,13H2. The monoisotopic (exact) mass is 191 g/mol. The molecule has 0 spiro atoms. The third-order valence-electron chi connectivity index (χ3n) is 2.12. The summed E-state index contributed by atoms with van der Waals surface area (Å²) in [6.45, 7) is 0.420. The van der Waals surface area contributed by atoms with Gasteiger partial charge in [-0.05, 0) is 17.7 Å². The van der Waals surface area contributed by atoms with Gasteiger partial charge in [-0.3, -0.25) is 0 Å². The minimum absolute atomic E-state index is 0.244. The van der Waals surface area contributed by atoms with E-state index in [4.69, 9.17) is 10.2 Å². The Labute approximate surface area is 81.2 Å². The first-order valence-corrected chi connectivity index (χ1v) is 4.32. The topological polar surface area (TPSA) is 39.2 Å². The molecule has 0 unspecified atom stereocenters. The molecule has 0 aliphatic heterocycles. The van der Waals surface area contributed by atoms with Gasteiger partial charge in [0.25, 0.3) is 0 Å². The average molecular weight is 191 g/mol. The molecular formula is C11H10FNO. The van der Waals surface area contributed by atoms with Crippen LogP contribution in [0.4, 0.5) is 4.39 Å². The van der Waals surface area contributed by atoms with Crippen LogP contribution in [0.3, 0.4) is 0 Å². The molecule has 0 saturated carbocycles. The molecule has 2 nitrogen and oxygen atoms in total. The van der Waals surface area contributed by atoms with Crippen molar-refractivity contribution >= 4 is 0 Å². The van der Waals surface area contributed by atoms with Gasteiger partial charge in [0.1, 0.15) is 5.82 Å². The minimum Gasteiger partial charge on any atom is -0.472 e. The van der Waals surface area contributed by atoms with Crippen molar-refractivity contribution in [3.63, 3.8) is 0 Å². The molecule has 2 aromatic rings. The summed E-state index contributed by atoms with van der Waals surface area (Å²) in [5.74, 6) is -0.244. The Balaban J connectivity index is 2.44. The molecule has 0 fully saturated rings. The minimum atomic E-state index is -0.244. The molecule has 1 heterocycles. The van der Waals surface area contributed by atoms with E-state index in [0.717, 1.165) is 16.7 Å². The van der Waals surface area contributed by atoms with Gasteiger partial charge < -0.3 is 10.2 Å². The van der Waals surface area contributed by atoms with Gasteiger partial charge in [0.2, 0.25) is 0 Å². The number of halogens is 1. The summed E-state index contributed by atoms with van der Waals surface area (Å²) in [4.78, 5) is 0. The Hall–Kier alpha value is -1.61. The van der Waals surface area contributed by atoms with Gasteiger partial charge in [0, 0.05) is 17.7 Å². The molecule has 0 saturated heterocycles. The average Bonchev–Trinajstić information content (AvgIpc) is 2.67. The lowest BCUT2D eigenvalue weighted by atomic mass is 10.1. The first kappa shape index (κ1) is 8.97. The Morgan fingerprint density at radius 3 is 2.50 bits per heavy atom. The summed E-state index contributed by atoms with van der Waals surface area (Å²) in [6, 6.07) is 6.25. The van der Waals surface area contributed by atoms with Crippen molar-refractivity contribution in [3.8, 4) is 11.1 Å². The molecule has 0 radical (unpaired) electrons. The van der Waals surface area contributed by atoms with E-state index in [1.807, 2.05) is 0 Å². The lowest BCUT2D eigenvalue weighted by molar-refractivity contribution is 0.564. The van der Waals surface area contributed by atoms with Gasteiger partial charge in [0.15, 0.2) is 0 Å². The second-order valence-electron chi connectivity index (χ2n) is 3.02. The second-order valence-corrected chi connectivity index (χ2v) is 3.02. The molecule has 2 N–H and O–H groups in total. The first-order chi connectivity index (χ1) is 6.81. The molecule has 72 valence electrons. The van der Waals surface area contributed by atoms with Crippen molar-refractivity contribution in [3.05, 3.63) is 48.2 Å². The van der Waals surface area contributed by atoms with Crippen LogP contribution in [0.5, 0.6) is 0 Å². The van der Waals surface area contributed by atoms with Crippen LogP contribution in [0.2, 0.25) is 0 Å². The zero-order valence-corrected chi connectivity index (χ0v) is 7.53. The molecular weight excluding hydrogens is 181 g/mol. The van der Waals surface area contributed by atoms with Crippen LogP contribution in [0.1, 0.15) is 5.56 Å². The van der Waals surface area contributed by atoms with Crippen LogP contribution in [-0.2, 0) is 6.54 Å². The van der Waals surface area contributed by atoms with Crippen molar-refractivity contribution in [1.29, 1.82) is 0 Å². The summed E-state index contributed by atoms with van der Waals surface area (Å²) in [5.41, 5.74) is 8.30. The van der Waals surface area contributed by atoms with Crippen LogP contribution in [0, 0.1) is 5.82 Å². The van der Waals surface area contributed by atoms with E-state index in [2.05, 4.69) is 0 Å². The Morgan fingerprint density at radius 1 is 1.14 bits per heavy atom. The third-order valence-corrected chi connectivity index (χ3v) is 2.12. The van der Waals surface area contributed by atoms with Crippen molar-refractivity contribution < 1.29 is 8.81 Å². The Bertz CT molecular complexity index is 419. The quantitative estimate of drug-likeness (QED) is 0.792. The van der Waals surface area contributed by atoms with Crippen LogP contribution >= 0.6 is 0 Å². The van der Waals surface area contributed by atoms with Crippen LogP contribution in [0.25, 0.3) is 11.1 Å². The van der Waals surface area contributed by atoms with E-state index < -0.39 is 0 Å². The van der Waals surface area contributed by atoms with Gasteiger partial charge in [-0.2, -0.15) is 0 Å². The van der Waals surface area contributed by atoms with Crippen LogP contribution in [-0.4, -0.2) is 0 Å². The normalized spacial score (nSPS) is 10.4. The van der Waals surface area contributed by atoms with Gasteiger partial charge in [0.05, 0.1) is 12.5 Å². The number of hydrogen-bond acceptors (Lipinski definition) is 2. The summed E-state index contributed by atoms with van der Waals surface area (Å²) in [7, 11) is 0. The fraction of sp³-hybridized carbons (Fsp3) is 0.0909. The van der Waals surface area contributed by atoms with Crippen molar-refractivity contribution in [2.75, 3.05) is 0 Å². The SMILES string of the molecule is NCc1cocc1-c1ccc(F)cc1. The maximum atomic E-state index is 12.7. The van der Waals surface area contributed by atoms with Crippen molar-refractivity contribution in [2.45, 2.75) is 6.54 Å². The molecule has 0 amide bonds. The Morgan fingerprint density at radius 2 is 1.86 bits per heavy atom. The number of hydrogen-bond donors (Lipinski definition) is 1. The maximum Gasteiger partial charge on any atom is 0.123 e. The molecule has 0 aliphatic rings. The lowest BCUT2D eigenvalue weighted by Gasteiger charge is -1.99. The van der Waals surface area contributed by atoms with E-state index in [0.29, 0.717) is 6.54 Å². The molecule has 3 heteroatoms. The molecule has 14 heavy (non-hydrogen) atoms. The highest BCUT2D eigenvalue weighted by atomic mass is 19.1. The summed E-state index contributed by atoms with van der Waals surface area (Å²) in [5, 5.41) is 0. The summed E-state index contributed by atoms with van der Waals surface area (Å²) < 4.78 is 17.7. The van der Waals surface area contributed by atoms with E-state index in [1.165, 1.54) is 12.1 Å². The van der Waals surface area contributed by atoms with Gasteiger partial charge in [-0.1, -0.05) is 12.1 Å². The second kappa shape index (κ2) is 3.64. The largest absolute Gasteiger partial charge is 0.472 e. The number of rotatable bonds is 2. The molecule has 1 aromatic carbocycles. The molecule has 0 aliphatic carbocycles. The van der Waals surface area contributed by atoms with Gasteiger partial charge in [-0.25, -0.2) is 4.39 Å². The molecule has 0 atom stereocenters. The zero-order valence-electron chi connectivity index (χ0n) is 7.53. The fourth-order valence-corrected chi connectivity index (χ4v) is 1.36. The first-order valence-electron chi connectivity index (χ1n) is 4.32. The third kappa shape index (κ3) is 1.54. The Kier molecular flexibility index (Phi) is 2.33. The maximum absolute atomic E-state index is 12.7. The van der Waals surface area contributed by atoms with E-state index >= 15 is 0 Å². The number of furan rings is 1. The van der Waals surface area contributed by atoms with E-state index in [1.54, 1.807) is 24.7 Å². The fourth-order valence-electron chi connectivity index (χ4n) is 1.36. The van der Waals surface area contributed by atoms with Crippen molar-refractivity contribution in [2.24, 2.45) is 5.73 Å². The van der Waals surface area contributed by atoms with E-state index in [9.17, 15) is 4.39 Å². The lowest BCUT2D eigenvalue weighted by Crippen LogP contribution is -1.95.